The van der Waals surface area contributed by atoms with Crippen molar-refractivity contribution >= 4 is 23.7 Å². The maximum absolute atomic E-state index is 12.3. The van der Waals surface area contributed by atoms with Crippen LogP contribution in [0, 0.1) is 10.1 Å². The third-order valence-electron chi connectivity index (χ3n) is 4.18. The Kier molecular flexibility index (Phi) is 5.03. The number of hydrogen-bond acceptors (Lipinski definition) is 6. The van der Waals surface area contributed by atoms with E-state index in [4.69, 9.17) is 9.47 Å². The predicted molar refractivity (Wildman–Crippen MR) is 96.4 cm³/mol. The van der Waals surface area contributed by atoms with Crippen LogP contribution in [0.2, 0.25) is 0 Å². The Morgan fingerprint density at radius 2 is 1.59 bits per heavy atom. The number of rotatable bonds is 5. The lowest BCUT2D eigenvalue weighted by Gasteiger charge is -2.33. The van der Waals surface area contributed by atoms with Gasteiger partial charge in [0.2, 0.25) is 0 Å². The van der Waals surface area contributed by atoms with Gasteiger partial charge in [0.1, 0.15) is 5.57 Å². The van der Waals surface area contributed by atoms with E-state index in [0.717, 1.165) is 5.56 Å². The summed E-state index contributed by atoms with van der Waals surface area (Å²) in [4.78, 5) is 34.8. The smallest absolute Gasteiger partial charge is 0.348 e. The van der Waals surface area contributed by atoms with Crippen molar-refractivity contribution in [3.63, 3.8) is 0 Å². The Morgan fingerprint density at radius 1 is 1.00 bits per heavy atom. The van der Waals surface area contributed by atoms with Gasteiger partial charge in [-0.2, -0.15) is 0 Å². The molecule has 0 atom stereocenters. The zero-order chi connectivity index (χ0) is 19.4. The fourth-order valence-electron chi connectivity index (χ4n) is 2.70. The van der Waals surface area contributed by atoms with Crippen LogP contribution in [-0.4, -0.2) is 22.6 Å². The number of aryl methyl sites for hydroxylation is 1. The molecule has 3 rings (SSSR count). The van der Waals surface area contributed by atoms with Crippen LogP contribution in [0.1, 0.15) is 24.5 Å². The first-order valence-corrected chi connectivity index (χ1v) is 8.33. The second-order valence-corrected chi connectivity index (χ2v) is 6.31. The summed E-state index contributed by atoms with van der Waals surface area (Å²) < 4.78 is 10.7. The highest BCUT2D eigenvalue weighted by molar-refractivity contribution is 6.18. The molecule has 138 valence electrons. The number of carbonyl (C=O) groups is 2. The van der Waals surface area contributed by atoms with Crippen LogP contribution in [0.25, 0.3) is 6.08 Å². The number of esters is 2. The standard InChI is InChI=1S/C20H17NO6/c1-20(12-11-14-5-3-2-4-6-14)26-18(22)17(19(23)27-20)13-15-7-9-16(10-8-15)21(24)25/h2-10,13H,11-12H2,1H3. The Labute approximate surface area is 155 Å². The summed E-state index contributed by atoms with van der Waals surface area (Å²) in [5, 5.41) is 10.7. The van der Waals surface area contributed by atoms with E-state index in [1.807, 2.05) is 30.3 Å². The first-order chi connectivity index (χ1) is 12.9. The van der Waals surface area contributed by atoms with E-state index in [-0.39, 0.29) is 11.3 Å². The molecule has 27 heavy (non-hydrogen) atoms. The van der Waals surface area contributed by atoms with E-state index < -0.39 is 22.6 Å². The van der Waals surface area contributed by atoms with Crippen LogP contribution in [0.3, 0.4) is 0 Å². The van der Waals surface area contributed by atoms with Crippen molar-refractivity contribution in [1.82, 2.24) is 0 Å². The van der Waals surface area contributed by atoms with E-state index in [2.05, 4.69) is 0 Å². The largest absolute Gasteiger partial charge is 0.419 e. The molecular formula is C20H17NO6. The Morgan fingerprint density at radius 3 is 2.15 bits per heavy atom. The lowest BCUT2D eigenvalue weighted by molar-refractivity contribution is -0.384. The van der Waals surface area contributed by atoms with Crippen LogP contribution in [-0.2, 0) is 25.5 Å². The number of non-ortho nitro benzene ring substituents is 1. The third-order valence-corrected chi connectivity index (χ3v) is 4.18. The SMILES string of the molecule is CC1(CCc2ccccc2)OC(=O)C(=Cc2ccc([N+](=O)[O-])cc2)C(=O)O1. The minimum absolute atomic E-state index is 0.0839. The molecule has 1 aliphatic heterocycles. The molecule has 7 nitrogen and oxygen atoms in total. The van der Waals surface area contributed by atoms with E-state index >= 15 is 0 Å². The van der Waals surface area contributed by atoms with Crippen molar-refractivity contribution in [3.05, 3.63) is 81.4 Å². The molecule has 1 aliphatic rings. The van der Waals surface area contributed by atoms with Crippen molar-refractivity contribution in [3.8, 4) is 0 Å². The number of nitro benzene ring substituents is 1. The van der Waals surface area contributed by atoms with E-state index in [1.165, 1.54) is 30.3 Å². The molecule has 0 aliphatic carbocycles. The Balaban J connectivity index is 1.71. The number of nitrogens with zero attached hydrogens (tertiary/aromatic N) is 1. The molecule has 0 N–H and O–H groups in total. The summed E-state index contributed by atoms with van der Waals surface area (Å²) in [5.74, 6) is -2.89. The van der Waals surface area contributed by atoms with Crippen LogP contribution in [0.5, 0.6) is 0 Å². The van der Waals surface area contributed by atoms with Gasteiger partial charge in [0, 0.05) is 25.5 Å². The van der Waals surface area contributed by atoms with Crippen LogP contribution in [0.4, 0.5) is 5.69 Å². The van der Waals surface area contributed by atoms with Crippen molar-refractivity contribution in [2.75, 3.05) is 0 Å². The first-order valence-electron chi connectivity index (χ1n) is 8.33. The van der Waals surface area contributed by atoms with E-state index in [0.29, 0.717) is 18.4 Å². The summed E-state index contributed by atoms with van der Waals surface area (Å²) in [6, 6.07) is 15.0. The maximum Gasteiger partial charge on any atom is 0.348 e. The van der Waals surface area contributed by atoms with Crippen LogP contribution >= 0.6 is 0 Å². The molecule has 0 bridgehead atoms. The molecule has 0 spiro atoms. The number of benzene rings is 2. The summed E-state index contributed by atoms with van der Waals surface area (Å²) in [7, 11) is 0. The van der Waals surface area contributed by atoms with Gasteiger partial charge in [0.25, 0.3) is 11.5 Å². The zero-order valence-corrected chi connectivity index (χ0v) is 14.6. The van der Waals surface area contributed by atoms with Crippen LogP contribution in [0.15, 0.2) is 60.2 Å². The van der Waals surface area contributed by atoms with Gasteiger partial charge in [-0.1, -0.05) is 30.3 Å². The Hall–Kier alpha value is -3.48. The van der Waals surface area contributed by atoms with E-state index in [9.17, 15) is 19.7 Å². The average molecular weight is 367 g/mol. The second-order valence-electron chi connectivity index (χ2n) is 6.31. The highest BCUT2D eigenvalue weighted by Gasteiger charge is 2.42. The van der Waals surface area contributed by atoms with Gasteiger partial charge in [-0.3, -0.25) is 10.1 Å². The minimum atomic E-state index is -1.34. The minimum Gasteiger partial charge on any atom is -0.419 e. The van der Waals surface area contributed by atoms with Gasteiger partial charge in [0.05, 0.1) is 4.92 Å². The third kappa shape index (κ3) is 4.38. The molecule has 0 aromatic heterocycles. The second kappa shape index (κ2) is 7.41. The Bertz CT molecular complexity index is 882. The van der Waals surface area contributed by atoms with Crippen molar-refractivity contribution < 1.29 is 24.0 Å². The number of nitro groups is 1. The lowest BCUT2D eigenvalue weighted by Crippen LogP contribution is -2.44. The lowest BCUT2D eigenvalue weighted by atomic mass is 10.0. The van der Waals surface area contributed by atoms with Gasteiger partial charge in [-0.25, -0.2) is 9.59 Å². The molecule has 1 heterocycles. The van der Waals surface area contributed by atoms with Crippen molar-refractivity contribution in [1.29, 1.82) is 0 Å². The van der Waals surface area contributed by atoms with Gasteiger partial charge in [-0.15, -0.1) is 0 Å². The molecule has 1 saturated heterocycles. The number of hydrogen-bond donors (Lipinski definition) is 0. The van der Waals surface area contributed by atoms with E-state index in [1.54, 1.807) is 6.92 Å². The fraction of sp³-hybridized carbons (Fsp3) is 0.200. The molecule has 2 aromatic carbocycles. The van der Waals surface area contributed by atoms with Gasteiger partial charge >= 0.3 is 11.9 Å². The number of ether oxygens (including phenoxy) is 2. The zero-order valence-electron chi connectivity index (χ0n) is 14.6. The normalized spacial score (nSPS) is 19.2. The van der Waals surface area contributed by atoms with Crippen molar-refractivity contribution in [2.45, 2.75) is 25.6 Å². The summed E-state index contributed by atoms with van der Waals surface area (Å²) in [5.41, 5.74) is 1.16. The number of cyclic esters (lactones) is 2. The fourth-order valence-corrected chi connectivity index (χ4v) is 2.70. The molecule has 2 aromatic rings. The topological polar surface area (TPSA) is 95.7 Å². The van der Waals surface area contributed by atoms with Gasteiger partial charge in [-0.05, 0) is 35.8 Å². The summed E-state index contributed by atoms with van der Waals surface area (Å²) in [6.07, 6.45) is 2.21. The molecule has 1 fully saturated rings. The first kappa shape index (κ1) is 18.3. The molecule has 7 heteroatoms. The number of carbonyl (C=O) groups excluding carboxylic acids is 2. The highest BCUT2D eigenvalue weighted by atomic mass is 16.7. The maximum atomic E-state index is 12.3. The van der Waals surface area contributed by atoms with Crippen LogP contribution < -0.4 is 0 Å². The van der Waals surface area contributed by atoms with Crippen molar-refractivity contribution in [2.24, 2.45) is 0 Å². The highest BCUT2D eigenvalue weighted by Crippen LogP contribution is 2.29. The average Bonchev–Trinajstić information content (AvgIpc) is 2.64. The summed E-state index contributed by atoms with van der Waals surface area (Å²) >= 11 is 0. The molecule has 0 amide bonds. The molecule has 0 saturated carbocycles. The molecule has 0 radical (unpaired) electrons. The summed E-state index contributed by atoms with van der Waals surface area (Å²) in [6.45, 7) is 1.55. The quantitative estimate of drug-likeness (QED) is 0.264. The molecular weight excluding hydrogens is 350 g/mol. The monoisotopic (exact) mass is 367 g/mol. The predicted octanol–water partition coefficient (Wildman–Crippen LogP) is 3.43. The van der Waals surface area contributed by atoms with Gasteiger partial charge < -0.3 is 9.47 Å². The molecule has 0 unspecified atom stereocenters. The van der Waals surface area contributed by atoms with Gasteiger partial charge in [0.15, 0.2) is 0 Å².